The summed E-state index contributed by atoms with van der Waals surface area (Å²) in [6.45, 7) is 2.21. The number of hydrogen-bond donors (Lipinski definition) is 1. The number of carbonyl (C=O) groups excluding carboxylic acids is 1. The number of para-hydroxylation sites is 1. The molecule has 0 saturated carbocycles. The smallest absolute Gasteiger partial charge is 0.274 e. The van der Waals surface area contributed by atoms with Gasteiger partial charge in [0.25, 0.3) is 5.91 Å². The molecule has 0 saturated heterocycles. The molecule has 1 aliphatic heterocycles. The monoisotopic (exact) mass is 411 g/mol. The van der Waals surface area contributed by atoms with Gasteiger partial charge in [0, 0.05) is 17.8 Å². The second-order valence-corrected chi connectivity index (χ2v) is 8.76. The second kappa shape index (κ2) is 7.36. The number of carbonyl (C=O) groups is 1. The van der Waals surface area contributed by atoms with E-state index < -0.39 is 9.84 Å². The Bertz CT molecular complexity index is 1200. The van der Waals surface area contributed by atoms with Gasteiger partial charge >= 0.3 is 0 Å². The largest absolute Gasteiger partial charge is 0.497 e. The Labute approximate surface area is 169 Å². The van der Waals surface area contributed by atoms with E-state index in [2.05, 4.69) is 10.3 Å². The van der Waals surface area contributed by atoms with E-state index >= 15 is 0 Å². The van der Waals surface area contributed by atoms with Crippen LogP contribution in [0.2, 0.25) is 0 Å². The van der Waals surface area contributed by atoms with Crippen molar-refractivity contribution in [2.45, 2.75) is 25.0 Å². The highest BCUT2D eigenvalue weighted by atomic mass is 32.2. The van der Waals surface area contributed by atoms with E-state index in [1.54, 1.807) is 31.4 Å². The Balaban J connectivity index is 1.84. The fraction of sp³-hybridized carbons (Fsp3) is 0.238. The van der Waals surface area contributed by atoms with Gasteiger partial charge in [-0.25, -0.2) is 13.4 Å². The number of imidazole rings is 1. The Morgan fingerprint density at radius 3 is 2.76 bits per heavy atom. The van der Waals surface area contributed by atoms with Gasteiger partial charge in [-0.2, -0.15) is 0 Å². The molecule has 3 aromatic rings. The SMILES string of the molecule is CCc1ccccc1NC(=O)c1c(-c2cccc(OC)c2)nc2n1CCS2(=O)=O. The van der Waals surface area contributed by atoms with Crippen molar-refractivity contribution in [2.75, 3.05) is 18.2 Å². The minimum absolute atomic E-state index is 0.0560. The van der Waals surface area contributed by atoms with E-state index in [4.69, 9.17) is 4.74 Å². The number of aromatic nitrogens is 2. The zero-order valence-corrected chi connectivity index (χ0v) is 17.0. The normalized spacial score (nSPS) is 14.4. The summed E-state index contributed by atoms with van der Waals surface area (Å²) in [5, 5.41) is 2.87. The predicted octanol–water partition coefficient (Wildman–Crippen LogP) is 3.16. The van der Waals surface area contributed by atoms with Crippen LogP contribution in [-0.2, 0) is 22.8 Å². The zero-order chi connectivity index (χ0) is 20.6. The van der Waals surface area contributed by atoms with Crippen LogP contribution in [0.4, 0.5) is 5.69 Å². The van der Waals surface area contributed by atoms with Crippen LogP contribution in [0.5, 0.6) is 5.75 Å². The van der Waals surface area contributed by atoms with E-state index in [1.807, 2.05) is 31.2 Å². The van der Waals surface area contributed by atoms with Gasteiger partial charge in [-0.3, -0.25) is 4.79 Å². The maximum atomic E-state index is 13.3. The number of sulfone groups is 1. The quantitative estimate of drug-likeness (QED) is 0.696. The summed E-state index contributed by atoms with van der Waals surface area (Å²) in [4.78, 5) is 17.6. The molecule has 0 radical (unpaired) electrons. The Morgan fingerprint density at radius 1 is 1.21 bits per heavy atom. The number of aryl methyl sites for hydroxylation is 1. The van der Waals surface area contributed by atoms with Crippen LogP contribution < -0.4 is 10.1 Å². The first-order chi connectivity index (χ1) is 13.9. The number of ether oxygens (including phenoxy) is 1. The maximum absolute atomic E-state index is 13.3. The molecule has 29 heavy (non-hydrogen) atoms. The van der Waals surface area contributed by atoms with Crippen molar-refractivity contribution < 1.29 is 17.9 Å². The van der Waals surface area contributed by atoms with E-state index in [1.165, 1.54) is 4.57 Å². The number of anilines is 1. The lowest BCUT2D eigenvalue weighted by Gasteiger charge is -2.12. The molecule has 1 amide bonds. The van der Waals surface area contributed by atoms with E-state index in [9.17, 15) is 13.2 Å². The third kappa shape index (κ3) is 3.40. The number of methoxy groups -OCH3 is 1. The molecule has 1 aliphatic rings. The van der Waals surface area contributed by atoms with Crippen molar-refractivity contribution in [3.63, 3.8) is 0 Å². The number of fused-ring (bicyclic) bond motifs is 1. The summed E-state index contributed by atoms with van der Waals surface area (Å²) >= 11 is 0. The lowest BCUT2D eigenvalue weighted by molar-refractivity contribution is 0.101. The molecule has 0 bridgehead atoms. The molecule has 1 N–H and O–H groups in total. The van der Waals surface area contributed by atoms with Crippen LogP contribution in [-0.4, -0.2) is 36.7 Å². The minimum Gasteiger partial charge on any atom is -0.497 e. The van der Waals surface area contributed by atoms with Crippen molar-refractivity contribution in [2.24, 2.45) is 0 Å². The lowest BCUT2D eigenvalue weighted by Crippen LogP contribution is -2.18. The van der Waals surface area contributed by atoms with Crippen LogP contribution in [0.25, 0.3) is 11.3 Å². The lowest BCUT2D eigenvalue weighted by atomic mass is 10.1. The molecule has 1 aromatic heterocycles. The van der Waals surface area contributed by atoms with Crippen LogP contribution in [0, 0.1) is 0 Å². The summed E-state index contributed by atoms with van der Waals surface area (Å²) in [6, 6.07) is 14.6. The fourth-order valence-corrected chi connectivity index (χ4v) is 4.87. The average Bonchev–Trinajstić information content (AvgIpc) is 3.26. The summed E-state index contributed by atoms with van der Waals surface area (Å²) < 4.78 is 31.6. The Morgan fingerprint density at radius 2 is 2.00 bits per heavy atom. The predicted molar refractivity (Wildman–Crippen MR) is 110 cm³/mol. The van der Waals surface area contributed by atoms with Gasteiger partial charge < -0.3 is 14.6 Å². The van der Waals surface area contributed by atoms with Crippen LogP contribution in [0.3, 0.4) is 0 Å². The number of amides is 1. The third-order valence-corrected chi connectivity index (χ3v) is 6.59. The number of hydrogen-bond acceptors (Lipinski definition) is 5. The molecule has 0 aliphatic carbocycles. The molecule has 4 rings (SSSR count). The van der Waals surface area contributed by atoms with Crippen molar-refractivity contribution in [1.82, 2.24) is 9.55 Å². The Hall–Kier alpha value is -3.13. The molecule has 0 fully saturated rings. The van der Waals surface area contributed by atoms with Crippen molar-refractivity contribution in [1.29, 1.82) is 0 Å². The van der Waals surface area contributed by atoms with E-state index in [0.29, 0.717) is 22.7 Å². The first-order valence-electron chi connectivity index (χ1n) is 9.31. The molecule has 8 heteroatoms. The van der Waals surface area contributed by atoms with Crippen LogP contribution in [0.15, 0.2) is 53.7 Å². The molecular formula is C21H21N3O4S. The first kappa shape index (κ1) is 19.2. The molecule has 0 spiro atoms. The van der Waals surface area contributed by atoms with Crippen molar-refractivity contribution in [3.05, 3.63) is 59.8 Å². The summed E-state index contributed by atoms with van der Waals surface area (Å²) in [5.74, 6) is 0.153. The van der Waals surface area contributed by atoms with Gasteiger partial charge in [0.1, 0.15) is 17.1 Å². The van der Waals surface area contributed by atoms with Gasteiger partial charge in [-0.05, 0) is 30.2 Å². The molecule has 2 heterocycles. The first-order valence-corrected chi connectivity index (χ1v) is 11.0. The Kier molecular flexibility index (Phi) is 4.87. The van der Waals surface area contributed by atoms with Gasteiger partial charge in [-0.15, -0.1) is 0 Å². The van der Waals surface area contributed by atoms with E-state index in [-0.39, 0.29) is 29.1 Å². The average molecular weight is 411 g/mol. The van der Waals surface area contributed by atoms with Crippen LogP contribution in [0.1, 0.15) is 23.0 Å². The third-order valence-electron chi connectivity index (χ3n) is 5.00. The van der Waals surface area contributed by atoms with Gasteiger partial charge in [0.15, 0.2) is 0 Å². The summed E-state index contributed by atoms with van der Waals surface area (Å²) in [6.07, 6.45) is 0.762. The fourth-order valence-electron chi connectivity index (χ4n) is 3.51. The highest BCUT2D eigenvalue weighted by Crippen LogP contribution is 2.32. The minimum atomic E-state index is -3.51. The van der Waals surface area contributed by atoms with Crippen molar-refractivity contribution in [3.8, 4) is 17.0 Å². The van der Waals surface area contributed by atoms with Gasteiger partial charge in [0.05, 0.1) is 12.9 Å². The zero-order valence-electron chi connectivity index (χ0n) is 16.2. The summed E-state index contributed by atoms with van der Waals surface area (Å²) in [7, 11) is -1.96. The second-order valence-electron chi connectivity index (χ2n) is 6.76. The molecule has 0 unspecified atom stereocenters. The molecule has 2 aromatic carbocycles. The maximum Gasteiger partial charge on any atom is 0.274 e. The summed E-state index contributed by atoms with van der Waals surface area (Å²) in [5.41, 5.74) is 2.88. The topological polar surface area (TPSA) is 90.3 Å². The standard InChI is InChI=1S/C21H21N3O4S/c1-3-14-7-4-5-10-17(14)22-20(25)19-18(15-8-6-9-16(13-15)28-2)23-21-24(19)11-12-29(21,26)27/h4-10,13H,3,11-12H2,1-2H3,(H,22,25). The van der Waals surface area contributed by atoms with Gasteiger partial charge in [0.2, 0.25) is 15.0 Å². The highest BCUT2D eigenvalue weighted by molar-refractivity contribution is 7.91. The number of benzene rings is 2. The highest BCUT2D eigenvalue weighted by Gasteiger charge is 2.35. The molecular weight excluding hydrogens is 390 g/mol. The van der Waals surface area contributed by atoms with Crippen LogP contribution >= 0.6 is 0 Å². The molecule has 150 valence electrons. The number of nitrogens with one attached hydrogen (secondary N) is 1. The molecule has 7 nitrogen and oxygen atoms in total. The van der Waals surface area contributed by atoms with E-state index in [0.717, 1.165) is 12.0 Å². The van der Waals surface area contributed by atoms with Gasteiger partial charge in [-0.1, -0.05) is 37.3 Å². The van der Waals surface area contributed by atoms with Crippen molar-refractivity contribution >= 4 is 21.4 Å². The number of rotatable bonds is 5. The number of nitrogens with zero attached hydrogens (tertiary/aromatic N) is 2. The molecule has 0 atom stereocenters.